The van der Waals surface area contributed by atoms with Crippen molar-refractivity contribution in [2.45, 2.75) is 43.5 Å². The highest BCUT2D eigenvalue weighted by molar-refractivity contribution is 7.91. The van der Waals surface area contributed by atoms with Gasteiger partial charge in [0.05, 0.1) is 0 Å². The summed E-state index contributed by atoms with van der Waals surface area (Å²) < 4.78 is 27.4. The van der Waals surface area contributed by atoms with Crippen molar-refractivity contribution in [1.29, 1.82) is 0 Å². The van der Waals surface area contributed by atoms with Gasteiger partial charge in [0.15, 0.2) is 0 Å². The van der Waals surface area contributed by atoms with Gasteiger partial charge in [0.1, 0.15) is 4.21 Å². The number of rotatable bonds is 7. The number of hydrogen-bond donors (Lipinski definition) is 2. The van der Waals surface area contributed by atoms with Crippen molar-refractivity contribution >= 4 is 21.4 Å². The van der Waals surface area contributed by atoms with Crippen LogP contribution >= 0.6 is 11.3 Å². The molecule has 1 aromatic rings. The highest BCUT2D eigenvalue weighted by Gasteiger charge is 2.38. The van der Waals surface area contributed by atoms with Gasteiger partial charge in [-0.2, -0.15) is 0 Å². The molecule has 0 aromatic carbocycles. The minimum atomic E-state index is -3.30. The Balaban J connectivity index is 1.99. The zero-order chi connectivity index (χ0) is 13.2. The molecule has 4 nitrogen and oxygen atoms in total. The van der Waals surface area contributed by atoms with Crippen LogP contribution in [-0.4, -0.2) is 21.0 Å². The molecular weight excluding hydrogens is 268 g/mol. The van der Waals surface area contributed by atoms with Gasteiger partial charge < -0.3 is 5.32 Å². The van der Waals surface area contributed by atoms with Crippen LogP contribution in [-0.2, 0) is 16.6 Å². The minimum absolute atomic E-state index is 0.152. The average Bonchev–Trinajstić information content (AvgIpc) is 2.89. The molecule has 2 unspecified atom stereocenters. The standard InChI is InChI=1S/C12H20N2O2S2/c1-3-9-7-11(9)14-18(15,16)12-6-5-10(17-12)8-13-4-2/h5-6,9,11,13-14H,3-4,7-8H2,1-2H3. The largest absolute Gasteiger partial charge is 0.312 e. The van der Waals surface area contributed by atoms with E-state index in [2.05, 4.69) is 17.0 Å². The van der Waals surface area contributed by atoms with Gasteiger partial charge in [-0.05, 0) is 31.0 Å². The summed E-state index contributed by atoms with van der Waals surface area (Å²) in [6, 6.07) is 3.73. The van der Waals surface area contributed by atoms with Gasteiger partial charge >= 0.3 is 0 Å². The lowest BCUT2D eigenvalue weighted by Gasteiger charge is -2.03. The fraction of sp³-hybridized carbons (Fsp3) is 0.667. The average molecular weight is 288 g/mol. The van der Waals surface area contributed by atoms with Crippen LogP contribution in [0.15, 0.2) is 16.3 Å². The maximum atomic E-state index is 12.1. The van der Waals surface area contributed by atoms with Crippen molar-refractivity contribution in [2.75, 3.05) is 6.54 Å². The van der Waals surface area contributed by atoms with E-state index in [0.717, 1.165) is 30.8 Å². The fourth-order valence-electron chi connectivity index (χ4n) is 1.95. The monoisotopic (exact) mass is 288 g/mol. The molecule has 0 spiro atoms. The van der Waals surface area contributed by atoms with Crippen molar-refractivity contribution < 1.29 is 8.42 Å². The summed E-state index contributed by atoms with van der Waals surface area (Å²) in [7, 11) is -3.30. The molecule has 2 N–H and O–H groups in total. The Morgan fingerprint density at radius 1 is 1.39 bits per heavy atom. The Bertz CT molecular complexity index is 496. The van der Waals surface area contributed by atoms with E-state index in [1.807, 2.05) is 13.0 Å². The Kier molecular flexibility index (Phi) is 4.42. The third-order valence-corrected chi connectivity index (χ3v) is 6.27. The predicted octanol–water partition coefficient (Wildman–Crippen LogP) is 1.93. The first-order chi connectivity index (χ1) is 8.56. The number of hydrogen-bond acceptors (Lipinski definition) is 4. The van der Waals surface area contributed by atoms with Crippen LogP contribution in [0.2, 0.25) is 0 Å². The van der Waals surface area contributed by atoms with Crippen molar-refractivity contribution in [1.82, 2.24) is 10.0 Å². The van der Waals surface area contributed by atoms with Crippen molar-refractivity contribution in [3.63, 3.8) is 0 Å². The first kappa shape index (κ1) is 14.0. The maximum Gasteiger partial charge on any atom is 0.250 e. The van der Waals surface area contributed by atoms with E-state index in [4.69, 9.17) is 0 Å². The molecule has 18 heavy (non-hydrogen) atoms. The van der Waals surface area contributed by atoms with E-state index in [0.29, 0.717) is 10.1 Å². The molecule has 1 heterocycles. The maximum absolute atomic E-state index is 12.1. The summed E-state index contributed by atoms with van der Waals surface area (Å²) >= 11 is 1.35. The second-order valence-corrected chi connectivity index (χ2v) is 7.74. The molecule has 0 amide bonds. The SMILES string of the molecule is CCNCc1ccc(S(=O)(=O)NC2CC2CC)s1. The van der Waals surface area contributed by atoms with Crippen LogP contribution in [0.3, 0.4) is 0 Å². The summed E-state index contributed by atoms with van der Waals surface area (Å²) in [6.07, 6.45) is 2.02. The highest BCUT2D eigenvalue weighted by Crippen LogP contribution is 2.35. The van der Waals surface area contributed by atoms with E-state index < -0.39 is 10.0 Å². The van der Waals surface area contributed by atoms with Gasteiger partial charge in [0.25, 0.3) is 0 Å². The number of nitrogens with one attached hydrogen (secondary N) is 2. The molecule has 0 aliphatic heterocycles. The van der Waals surface area contributed by atoms with Crippen molar-refractivity contribution in [3.05, 3.63) is 17.0 Å². The summed E-state index contributed by atoms with van der Waals surface area (Å²) in [5, 5.41) is 3.19. The zero-order valence-electron chi connectivity index (χ0n) is 10.8. The van der Waals surface area contributed by atoms with Gasteiger partial charge in [-0.15, -0.1) is 11.3 Å². The van der Waals surface area contributed by atoms with Gasteiger partial charge in [-0.25, -0.2) is 13.1 Å². The van der Waals surface area contributed by atoms with Crippen LogP contribution in [0.4, 0.5) is 0 Å². The molecule has 1 aromatic heterocycles. The molecule has 1 aliphatic carbocycles. The van der Waals surface area contributed by atoms with Crippen LogP contribution in [0.1, 0.15) is 31.6 Å². The number of thiophene rings is 1. The summed E-state index contributed by atoms with van der Waals surface area (Å²) in [4.78, 5) is 1.06. The quantitative estimate of drug-likeness (QED) is 0.806. The lowest BCUT2D eigenvalue weighted by Crippen LogP contribution is -2.26. The van der Waals surface area contributed by atoms with Gasteiger partial charge in [0, 0.05) is 17.5 Å². The van der Waals surface area contributed by atoms with Crippen LogP contribution in [0.5, 0.6) is 0 Å². The molecular formula is C12H20N2O2S2. The van der Waals surface area contributed by atoms with E-state index in [-0.39, 0.29) is 6.04 Å². The molecule has 1 saturated carbocycles. The Hall–Kier alpha value is -0.430. The second-order valence-electron chi connectivity index (χ2n) is 4.63. The van der Waals surface area contributed by atoms with E-state index in [1.54, 1.807) is 6.07 Å². The summed E-state index contributed by atoms with van der Waals surface area (Å²) in [6.45, 7) is 5.75. The third kappa shape index (κ3) is 3.32. The fourth-order valence-corrected chi connectivity index (χ4v) is 4.61. The second kappa shape index (κ2) is 5.69. The molecule has 0 saturated heterocycles. The Morgan fingerprint density at radius 3 is 2.78 bits per heavy atom. The lowest BCUT2D eigenvalue weighted by atomic mass is 10.3. The smallest absolute Gasteiger partial charge is 0.250 e. The molecule has 6 heteroatoms. The van der Waals surface area contributed by atoms with Crippen LogP contribution in [0.25, 0.3) is 0 Å². The Labute approximate surface area is 113 Å². The van der Waals surface area contributed by atoms with Crippen LogP contribution in [0, 0.1) is 5.92 Å². The predicted molar refractivity (Wildman–Crippen MR) is 74.2 cm³/mol. The van der Waals surface area contributed by atoms with Gasteiger partial charge in [-0.1, -0.05) is 20.3 Å². The lowest BCUT2D eigenvalue weighted by molar-refractivity contribution is 0.578. The molecule has 0 radical (unpaired) electrons. The highest BCUT2D eigenvalue weighted by atomic mass is 32.2. The molecule has 102 valence electrons. The van der Waals surface area contributed by atoms with Gasteiger partial charge in [-0.3, -0.25) is 0 Å². The summed E-state index contributed by atoms with van der Waals surface area (Å²) in [5.74, 6) is 0.529. The van der Waals surface area contributed by atoms with E-state index >= 15 is 0 Å². The van der Waals surface area contributed by atoms with E-state index in [1.165, 1.54) is 11.3 Å². The first-order valence-corrected chi connectivity index (χ1v) is 8.68. The third-order valence-electron chi connectivity index (χ3n) is 3.20. The van der Waals surface area contributed by atoms with Crippen molar-refractivity contribution in [3.8, 4) is 0 Å². The molecule has 1 aliphatic rings. The first-order valence-electron chi connectivity index (χ1n) is 6.38. The molecule has 0 bridgehead atoms. The topological polar surface area (TPSA) is 58.2 Å². The molecule has 2 atom stereocenters. The molecule has 1 fully saturated rings. The summed E-state index contributed by atoms with van der Waals surface area (Å²) in [5.41, 5.74) is 0. The zero-order valence-corrected chi connectivity index (χ0v) is 12.4. The van der Waals surface area contributed by atoms with Crippen molar-refractivity contribution in [2.24, 2.45) is 5.92 Å². The molecule has 2 rings (SSSR count). The number of sulfonamides is 1. The van der Waals surface area contributed by atoms with Gasteiger partial charge in [0.2, 0.25) is 10.0 Å². The normalized spacial score (nSPS) is 23.2. The van der Waals surface area contributed by atoms with Crippen LogP contribution < -0.4 is 10.0 Å². The van der Waals surface area contributed by atoms with E-state index in [9.17, 15) is 8.42 Å². The Morgan fingerprint density at radius 2 is 2.17 bits per heavy atom. The minimum Gasteiger partial charge on any atom is -0.312 e.